The molecule has 2 N–H and O–H groups in total. The van der Waals surface area contributed by atoms with Crippen LogP contribution < -0.4 is 15.4 Å². The highest BCUT2D eigenvalue weighted by atomic mass is 32.1. The van der Waals surface area contributed by atoms with E-state index in [1.165, 1.54) is 6.42 Å². The average Bonchev–Trinajstić information content (AvgIpc) is 2.74. The Morgan fingerprint density at radius 3 is 2.48 bits per heavy atom. The van der Waals surface area contributed by atoms with Crippen LogP contribution in [0.25, 0.3) is 0 Å². The van der Waals surface area contributed by atoms with Crippen LogP contribution in [-0.2, 0) is 0 Å². The highest BCUT2D eigenvalue weighted by Gasteiger charge is 2.18. The van der Waals surface area contributed by atoms with Crippen molar-refractivity contribution in [3.05, 3.63) is 59.7 Å². The summed E-state index contributed by atoms with van der Waals surface area (Å²) in [7, 11) is 0. The Labute approximate surface area is 178 Å². The number of para-hydroxylation sites is 1. The lowest BCUT2D eigenvalue weighted by atomic mass is 10.1. The first-order chi connectivity index (χ1) is 14.0. The third-order valence-electron chi connectivity index (χ3n) is 4.99. The molecule has 0 aromatic heterocycles. The minimum Gasteiger partial charge on any atom is -0.491 e. The van der Waals surface area contributed by atoms with Crippen molar-refractivity contribution in [1.82, 2.24) is 10.2 Å². The van der Waals surface area contributed by atoms with Crippen molar-refractivity contribution in [2.75, 3.05) is 25.0 Å². The molecule has 0 radical (unpaired) electrons. The molecule has 2 aromatic carbocycles. The maximum Gasteiger partial charge on any atom is 0.253 e. The molecule has 0 bridgehead atoms. The Morgan fingerprint density at radius 1 is 1.10 bits per heavy atom. The van der Waals surface area contributed by atoms with E-state index in [0.717, 1.165) is 48.5 Å². The minimum atomic E-state index is 0.0505. The number of benzene rings is 2. The summed E-state index contributed by atoms with van der Waals surface area (Å²) >= 11 is 5.40. The van der Waals surface area contributed by atoms with Gasteiger partial charge in [-0.15, -0.1) is 0 Å². The molecule has 5 nitrogen and oxygen atoms in total. The van der Waals surface area contributed by atoms with Crippen molar-refractivity contribution >= 4 is 28.9 Å². The highest BCUT2D eigenvalue weighted by Crippen LogP contribution is 2.17. The fourth-order valence-electron chi connectivity index (χ4n) is 3.34. The average molecular weight is 412 g/mol. The molecule has 0 unspecified atom stereocenters. The van der Waals surface area contributed by atoms with E-state index >= 15 is 0 Å². The zero-order chi connectivity index (χ0) is 20.6. The first kappa shape index (κ1) is 21.1. The number of hydrogen-bond donors (Lipinski definition) is 2. The van der Waals surface area contributed by atoms with E-state index in [4.69, 9.17) is 17.0 Å². The molecule has 1 aliphatic heterocycles. The summed E-state index contributed by atoms with van der Waals surface area (Å²) in [6.45, 7) is 6.27. The number of anilines is 1. The zero-order valence-electron chi connectivity index (χ0n) is 17.1. The van der Waals surface area contributed by atoms with Crippen molar-refractivity contribution in [3.63, 3.8) is 0 Å². The van der Waals surface area contributed by atoms with E-state index in [0.29, 0.717) is 11.7 Å². The number of likely N-dealkylation sites (tertiary alicyclic amines) is 1. The second kappa shape index (κ2) is 10.3. The number of piperidine rings is 1. The summed E-state index contributed by atoms with van der Waals surface area (Å²) in [4.78, 5) is 14.5. The highest BCUT2D eigenvalue weighted by molar-refractivity contribution is 7.80. The van der Waals surface area contributed by atoms with E-state index in [1.807, 2.05) is 67.3 Å². The van der Waals surface area contributed by atoms with Gasteiger partial charge in [-0.2, -0.15) is 0 Å². The number of nitrogens with one attached hydrogen (secondary N) is 2. The quantitative estimate of drug-likeness (QED) is 0.691. The van der Waals surface area contributed by atoms with E-state index in [-0.39, 0.29) is 11.9 Å². The number of ether oxygens (including phenoxy) is 1. The summed E-state index contributed by atoms with van der Waals surface area (Å²) in [5.41, 5.74) is 2.68. The molecule has 6 heteroatoms. The number of amides is 1. The molecule has 0 saturated carbocycles. The summed E-state index contributed by atoms with van der Waals surface area (Å²) in [6.07, 6.45) is 3.40. The van der Waals surface area contributed by atoms with Crippen molar-refractivity contribution in [3.8, 4) is 5.75 Å². The van der Waals surface area contributed by atoms with Crippen LogP contribution in [0.3, 0.4) is 0 Å². The first-order valence-electron chi connectivity index (χ1n) is 10.2. The smallest absolute Gasteiger partial charge is 0.253 e. The minimum absolute atomic E-state index is 0.0505. The monoisotopic (exact) mass is 411 g/mol. The van der Waals surface area contributed by atoms with Crippen molar-refractivity contribution in [2.45, 2.75) is 39.2 Å². The van der Waals surface area contributed by atoms with Crippen molar-refractivity contribution in [2.24, 2.45) is 0 Å². The molecule has 29 heavy (non-hydrogen) atoms. The van der Waals surface area contributed by atoms with E-state index < -0.39 is 0 Å². The Balaban J connectivity index is 1.46. The fourth-order valence-corrected chi connectivity index (χ4v) is 3.66. The standard InChI is InChI=1S/C23H29N3O2S/c1-17-8-4-5-9-21(17)28-16-18(2)24-23(29)25-20-12-10-19(11-13-20)22(27)26-14-6-3-7-15-26/h4-5,8-13,18H,3,6-7,14-16H2,1-2H3,(H2,24,25,29)/t18-/m0/s1. The molecule has 3 rings (SSSR count). The molecular formula is C23H29N3O2S. The topological polar surface area (TPSA) is 53.6 Å². The van der Waals surface area contributed by atoms with Crippen LogP contribution in [0.4, 0.5) is 5.69 Å². The van der Waals surface area contributed by atoms with E-state index in [2.05, 4.69) is 10.6 Å². The number of rotatable bonds is 6. The molecule has 154 valence electrons. The Hall–Kier alpha value is -2.60. The summed E-state index contributed by atoms with van der Waals surface area (Å²) in [5.74, 6) is 0.993. The maximum absolute atomic E-state index is 12.5. The fraction of sp³-hybridized carbons (Fsp3) is 0.391. The number of nitrogens with zero attached hydrogens (tertiary/aromatic N) is 1. The molecule has 1 heterocycles. The van der Waals surface area contributed by atoms with Gasteiger partial charge in [0.25, 0.3) is 5.91 Å². The first-order valence-corrected chi connectivity index (χ1v) is 10.6. The lowest BCUT2D eigenvalue weighted by Gasteiger charge is -2.26. The molecule has 1 atom stereocenters. The van der Waals surface area contributed by atoms with Gasteiger partial charge >= 0.3 is 0 Å². The SMILES string of the molecule is Cc1ccccc1OC[C@H](C)NC(=S)Nc1ccc(C(=O)N2CCCCC2)cc1. The van der Waals surface area contributed by atoms with Gasteiger partial charge in [0.2, 0.25) is 0 Å². The molecule has 1 amide bonds. The number of carbonyl (C=O) groups excluding carboxylic acids is 1. The number of thiocarbonyl (C=S) groups is 1. The summed E-state index contributed by atoms with van der Waals surface area (Å²) < 4.78 is 5.86. The largest absolute Gasteiger partial charge is 0.491 e. The van der Waals surface area contributed by atoms with Crippen LogP contribution in [0.2, 0.25) is 0 Å². The third kappa shape index (κ3) is 6.19. The van der Waals surface area contributed by atoms with Crippen LogP contribution in [-0.4, -0.2) is 41.7 Å². The lowest BCUT2D eigenvalue weighted by Crippen LogP contribution is -2.39. The Morgan fingerprint density at radius 2 is 1.79 bits per heavy atom. The van der Waals surface area contributed by atoms with Gasteiger partial charge in [-0.05, 0) is 81.2 Å². The molecule has 1 aliphatic rings. The number of hydrogen-bond acceptors (Lipinski definition) is 3. The molecule has 2 aromatic rings. The predicted molar refractivity (Wildman–Crippen MR) is 122 cm³/mol. The van der Waals surface area contributed by atoms with E-state index in [9.17, 15) is 4.79 Å². The maximum atomic E-state index is 12.5. The molecule has 1 saturated heterocycles. The van der Waals surface area contributed by atoms with Crippen LogP contribution in [0.5, 0.6) is 5.75 Å². The van der Waals surface area contributed by atoms with Gasteiger partial charge in [0.1, 0.15) is 12.4 Å². The second-order valence-corrected chi connectivity index (χ2v) is 7.91. The van der Waals surface area contributed by atoms with Crippen LogP contribution >= 0.6 is 12.2 Å². The van der Waals surface area contributed by atoms with Gasteiger partial charge in [0, 0.05) is 24.3 Å². The van der Waals surface area contributed by atoms with E-state index in [1.54, 1.807) is 0 Å². The second-order valence-electron chi connectivity index (χ2n) is 7.51. The Kier molecular flexibility index (Phi) is 7.47. The van der Waals surface area contributed by atoms with Gasteiger partial charge < -0.3 is 20.3 Å². The van der Waals surface area contributed by atoms with Crippen LogP contribution in [0.15, 0.2) is 48.5 Å². The summed E-state index contributed by atoms with van der Waals surface area (Å²) in [6, 6.07) is 15.5. The number of aryl methyl sites for hydroxylation is 1. The molecular weight excluding hydrogens is 382 g/mol. The molecule has 0 spiro atoms. The van der Waals surface area contributed by atoms with Gasteiger partial charge in [0.15, 0.2) is 5.11 Å². The van der Waals surface area contributed by atoms with Crippen LogP contribution in [0.1, 0.15) is 42.1 Å². The predicted octanol–water partition coefficient (Wildman–Crippen LogP) is 4.38. The van der Waals surface area contributed by atoms with Gasteiger partial charge in [-0.3, -0.25) is 4.79 Å². The van der Waals surface area contributed by atoms with Gasteiger partial charge in [0.05, 0.1) is 6.04 Å². The molecule has 1 fully saturated rings. The van der Waals surface area contributed by atoms with Crippen molar-refractivity contribution < 1.29 is 9.53 Å². The zero-order valence-corrected chi connectivity index (χ0v) is 17.9. The normalized spacial score (nSPS) is 14.8. The Bertz CT molecular complexity index is 832. The van der Waals surface area contributed by atoms with Gasteiger partial charge in [-0.1, -0.05) is 18.2 Å². The van der Waals surface area contributed by atoms with Crippen molar-refractivity contribution in [1.29, 1.82) is 0 Å². The number of carbonyl (C=O) groups is 1. The summed E-state index contributed by atoms with van der Waals surface area (Å²) in [5, 5.41) is 6.92. The van der Waals surface area contributed by atoms with Gasteiger partial charge in [-0.25, -0.2) is 0 Å². The lowest BCUT2D eigenvalue weighted by molar-refractivity contribution is 0.0724. The van der Waals surface area contributed by atoms with Crippen LogP contribution in [0, 0.1) is 6.92 Å². The third-order valence-corrected chi connectivity index (χ3v) is 5.21. The molecule has 0 aliphatic carbocycles.